The van der Waals surface area contributed by atoms with Crippen molar-refractivity contribution in [1.29, 1.82) is 0 Å². The van der Waals surface area contributed by atoms with Crippen molar-refractivity contribution in [2.75, 3.05) is 10.7 Å². The standard InChI is InChI=1S/C17H11ClN2O4S3/c18-10-1-3-11(4-2-10)20-15(24)12(14(23)19-17(20)25)7-9-5-6-26-16(9)27-8-13(21)22/h1-7H,8H2,(H,21,22)(H,19,23,25)/b12-7+. The van der Waals surface area contributed by atoms with Gasteiger partial charge in [-0.25, -0.2) is 0 Å². The molecule has 1 aliphatic heterocycles. The summed E-state index contributed by atoms with van der Waals surface area (Å²) in [5.74, 6) is -2.22. The van der Waals surface area contributed by atoms with Crippen LogP contribution in [0.4, 0.5) is 5.69 Å². The van der Waals surface area contributed by atoms with Crippen LogP contribution in [0.15, 0.2) is 45.5 Å². The Morgan fingerprint density at radius 3 is 2.67 bits per heavy atom. The second-order valence-electron chi connectivity index (χ2n) is 5.28. The first-order valence-electron chi connectivity index (χ1n) is 7.46. The van der Waals surface area contributed by atoms with E-state index in [1.807, 2.05) is 0 Å². The van der Waals surface area contributed by atoms with Gasteiger partial charge in [0.05, 0.1) is 15.6 Å². The van der Waals surface area contributed by atoms with Crippen LogP contribution in [0.5, 0.6) is 0 Å². The number of thiophene rings is 1. The van der Waals surface area contributed by atoms with Crippen molar-refractivity contribution >= 4 is 81.6 Å². The van der Waals surface area contributed by atoms with Crippen LogP contribution in [0.25, 0.3) is 6.08 Å². The molecule has 0 spiro atoms. The minimum atomic E-state index is -0.947. The Hall–Kier alpha value is -2.20. The number of rotatable bonds is 5. The van der Waals surface area contributed by atoms with Crippen molar-refractivity contribution in [3.05, 3.63) is 51.9 Å². The molecular weight excluding hydrogens is 428 g/mol. The second-order valence-corrected chi connectivity index (χ2v) is 8.26. The SMILES string of the molecule is O=C(O)CSc1sccc1/C=C1\C(=O)NC(=S)N(c2ccc(Cl)cc2)C1=O. The molecule has 10 heteroatoms. The summed E-state index contributed by atoms with van der Waals surface area (Å²) in [5.41, 5.74) is 0.994. The van der Waals surface area contributed by atoms with Gasteiger partial charge in [0.25, 0.3) is 11.8 Å². The van der Waals surface area contributed by atoms with Crippen molar-refractivity contribution in [3.8, 4) is 0 Å². The monoisotopic (exact) mass is 438 g/mol. The number of hydrogen-bond acceptors (Lipinski definition) is 6. The Bertz CT molecular complexity index is 969. The summed E-state index contributed by atoms with van der Waals surface area (Å²) in [7, 11) is 0. The van der Waals surface area contributed by atoms with E-state index in [4.69, 9.17) is 28.9 Å². The lowest BCUT2D eigenvalue weighted by Gasteiger charge is -2.28. The van der Waals surface area contributed by atoms with Gasteiger partial charge in [0.15, 0.2) is 5.11 Å². The van der Waals surface area contributed by atoms with Crippen molar-refractivity contribution in [2.45, 2.75) is 4.21 Å². The van der Waals surface area contributed by atoms with Gasteiger partial charge in [0, 0.05) is 5.02 Å². The van der Waals surface area contributed by atoms with Gasteiger partial charge < -0.3 is 5.11 Å². The minimum Gasteiger partial charge on any atom is -0.481 e. The first-order chi connectivity index (χ1) is 12.9. The Morgan fingerprint density at radius 2 is 2.00 bits per heavy atom. The van der Waals surface area contributed by atoms with E-state index in [1.54, 1.807) is 35.7 Å². The lowest BCUT2D eigenvalue weighted by Crippen LogP contribution is -2.54. The minimum absolute atomic E-state index is 0.0183. The summed E-state index contributed by atoms with van der Waals surface area (Å²) in [4.78, 5) is 37.2. The zero-order valence-electron chi connectivity index (χ0n) is 13.5. The van der Waals surface area contributed by atoms with Crippen molar-refractivity contribution < 1.29 is 19.5 Å². The van der Waals surface area contributed by atoms with E-state index < -0.39 is 17.8 Å². The first kappa shape index (κ1) is 19.6. The van der Waals surface area contributed by atoms with E-state index in [-0.39, 0.29) is 16.4 Å². The predicted molar refractivity (Wildman–Crippen MR) is 110 cm³/mol. The number of carboxylic acid groups (broad SMARTS) is 1. The molecule has 2 aromatic rings. The van der Waals surface area contributed by atoms with E-state index in [0.717, 1.165) is 11.8 Å². The Kier molecular flexibility index (Phi) is 5.95. The molecule has 0 saturated carbocycles. The molecule has 1 aromatic carbocycles. The van der Waals surface area contributed by atoms with Gasteiger partial charge in [-0.15, -0.1) is 23.1 Å². The number of benzene rings is 1. The molecule has 0 radical (unpaired) electrons. The van der Waals surface area contributed by atoms with Gasteiger partial charge >= 0.3 is 5.97 Å². The maximum Gasteiger partial charge on any atom is 0.313 e. The number of halogens is 1. The number of carboxylic acids is 1. The predicted octanol–water partition coefficient (Wildman–Crippen LogP) is 3.41. The first-order valence-corrected chi connectivity index (χ1v) is 10.1. The van der Waals surface area contributed by atoms with Crippen LogP contribution in [0.1, 0.15) is 5.56 Å². The number of thioether (sulfide) groups is 1. The topological polar surface area (TPSA) is 86.7 Å². The highest BCUT2D eigenvalue weighted by molar-refractivity contribution is 8.01. The third-order valence-corrected chi connectivity index (χ3v) is 6.26. The Morgan fingerprint density at radius 1 is 1.30 bits per heavy atom. The number of nitrogens with zero attached hydrogens (tertiary/aromatic N) is 1. The lowest BCUT2D eigenvalue weighted by molar-refractivity contribution is -0.134. The van der Waals surface area contributed by atoms with Gasteiger partial charge in [-0.3, -0.25) is 24.6 Å². The maximum atomic E-state index is 12.9. The molecule has 27 heavy (non-hydrogen) atoms. The van der Waals surface area contributed by atoms with Crippen LogP contribution in [0, 0.1) is 0 Å². The second kappa shape index (κ2) is 8.22. The van der Waals surface area contributed by atoms with Gasteiger partial charge in [-0.1, -0.05) is 11.6 Å². The molecular formula is C17H11ClN2O4S3. The zero-order valence-corrected chi connectivity index (χ0v) is 16.7. The molecule has 2 amide bonds. The van der Waals surface area contributed by atoms with Gasteiger partial charge in [-0.2, -0.15) is 0 Å². The molecule has 0 atom stereocenters. The van der Waals surface area contributed by atoms with Crippen LogP contribution in [0.2, 0.25) is 5.02 Å². The molecule has 3 rings (SSSR count). The third-order valence-electron chi connectivity index (χ3n) is 3.47. The number of thiocarbonyl (C=S) groups is 1. The van der Waals surface area contributed by atoms with Gasteiger partial charge in [-0.05, 0) is 59.6 Å². The molecule has 1 fully saturated rings. The molecule has 1 aliphatic rings. The molecule has 6 nitrogen and oxygen atoms in total. The van der Waals surface area contributed by atoms with Crippen molar-refractivity contribution in [3.63, 3.8) is 0 Å². The maximum absolute atomic E-state index is 12.9. The van der Waals surface area contributed by atoms with E-state index >= 15 is 0 Å². The average molecular weight is 439 g/mol. The summed E-state index contributed by atoms with van der Waals surface area (Å²) >= 11 is 13.5. The molecule has 1 aromatic heterocycles. The van der Waals surface area contributed by atoms with Crippen LogP contribution >= 0.6 is 46.9 Å². The summed E-state index contributed by atoms with van der Waals surface area (Å²) in [5, 5.41) is 13.6. The lowest BCUT2D eigenvalue weighted by atomic mass is 10.1. The number of carbonyl (C=O) groups excluding carboxylic acids is 2. The van der Waals surface area contributed by atoms with Crippen molar-refractivity contribution in [2.24, 2.45) is 0 Å². The highest BCUT2D eigenvalue weighted by Crippen LogP contribution is 2.31. The summed E-state index contributed by atoms with van der Waals surface area (Å²) in [6.45, 7) is 0. The molecule has 1 saturated heterocycles. The quantitative estimate of drug-likeness (QED) is 0.322. The van der Waals surface area contributed by atoms with Crippen LogP contribution < -0.4 is 10.2 Å². The molecule has 0 unspecified atom stereocenters. The normalized spacial score (nSPS) is 16.0. The number of aliphatic carboxylic acids is 1. The molecule has 2 heterocycles. The third kappa shape index (κ3) is 4.38. The number of anilines is 1. The fourth-order valence-electron chi connectivity index (χ4n) is 2.29. The fourth-order valence-corrected chi connectivity index (χ4v) is 4.47. The molecule has 0 bridgehead atoms. The van der Waals surface area contributed by atoms with E-state index in [2.05, 4.69) is 5.32 Å². The van der Waals surface area contributed by atoms with E-state index in [1.165, 1.54) is 22.3 Å². The molecule has 2 N–H and O–H groups in total. The summed E-state index contributed by atoms with van der Waals surface area (Å²) in [6, 6.07) is 8.21. The van der Waals surface area contributed by atoms with Crippen LogP contribution in [0.3, 0.4) is 0 Å². The number of carbonyl (C=O) groups is 3. The van der Waals surface area contributed by atoms with Crippen molar-refractivity contribution in [1.82, 2.24) is 5.32 Å². The Labute approximate surface area is 172 Å². The molecule has 0 aliphatic carbocycles. The van der Waals surface area contributed by atoms with Gasteiger partial charge in [0.1, 0.15) is 5.57 Å². The highest BCUT2D eigenvalue weighted by Gasteiger charge is 2.34. The highest BCUT2D eigenvalue weighted by atomic mass is 35.5. The number of hydrogen-bond donors (Lipinski definition) is 2. The number of amides is 2. The van der Waals surface area contributed by atoms with Gasteiger partial charge in [0.2, 0.25) is 0 Å². The molecule has 138 valence electrons. The summed E-state index contributed by atoms with van der Waals surface area (Å²) in [6.07, 6.45) is 1.45. The Balaban J connectivity index is 1.94. The number of nitrogens with one attached hydrogen (secondary N) is 1. The largest absolute Gasteiger partial charge is 0.481 e. The zero-order chi connectivity index (χ0) is 19.6. The smallest absolute Gasteiger partial charge is 0.313 e. The average Bonchev–Trinajstić information content (AvgIpc) is 3.05. The van der Waals surface area contributed by atoms with E-state index in [0.29, 0.717) is 20.5 Å². The fraction of sp³-hybridized carbons (Fsp3) is 0.0588. The van der Waals surface area contributed by atoms with Crippen LogP contribution in [-0.4, -0.2) is 33.8 Å². The van der Waals surface area contributed by atoms with Crippen LogP contribution in [-0.2, 0) is 14.4 Å². The van der Waals surface area contributed by atoms with E-state index in [9.17, 15) is 14.4 Å². The summed E-state index contributed by atoms with van der Waals surface area (Å²) < 4.78 is 0.705.